The lowest BCUT2D eigenvalue weighted by Gasteiger charge is -2.10. The Balaban J connectivity index is 2.91. The molecule has 1 atom stereocenters. The minimum atomic E-state index is -1.13. The quantitative estimate of drug-likeness (QED) is 0.798. The first kappa shape index (κ1) is 11.9. The van der Waals surface area contributed by atoms with Crippen molar-refractivity contribution in [2.45, 2.75) is 12.3 Å². The van der Waals surface area contributed by atoms with Gasteiger partial charge in [0.15, 0.2) is 0 Å². The highest BCUT2D eigenvalue weighted by atomic mass is 35.5. The summed E-state index contributed by atoms with van der Waals surface area (Å²) >= 11 is 5.72. The van der Waals surface area contributed by atoms with Gasteiger partial charge < -0.3 is 5.32 Å². The van der Waals surface area contributed by atoms with Gasteiger partial charge in [-0.3, -0.25) is 4.79 Å². The molecule has 0 spiro atoms. The molecule has 82 valence electrons. The van der Waals surface area contributed by atoms with Crippen LogP contribution in [0.25, 0.3) is 0 Å². The van der Waals surface area contributed by atoms with Gasteiger partial charge in [0.2, 0.25) is 5.91 Å². The highest BCUT2D eigenvalue weighted by Gasteiger charge is 2.20. The number of carbonyl (C=O) groups excluding carboxylic acids is 1. The maximum atomic E-state index is 13.2. The number of carbonyl (C=O) groups is 1. The van der Waals surface area contributed by atoms with Gasteiger partial charge in [0.25, 0.3) is 0 Å². The third kappa shape index (κ3) is 2.89. The van der Waals surface area contributed by atoms with Crippen LogP contribution < -0.4 is 5.32 Å². The molecule has 1 amide bonds. The summed E-state index contributed by atoms with van der Waals surface area (Å²) in [5, 5.41) is 1.32. The molecule has 5 heteroatoms. The predicted octanol–water partition coefficient (Wildman–Crippen LogP) is 2.38. The smallest absolute Gasteiger partial charge is 0.242 e. The number of likely N-dealkylation sites (N-methyl/N-ethyl adjacent to an activating group) is 1. The van der Waals surface area contributed by atoms with Crippen LogP contribution in [0.3, 0.4) is 0 Å². The zero-order valence-electron chi connectivity index (χ0n) is 8.06. The molecule has 1 N–H and O–H groups in total. The fourth-order valence-electron chi connectivity index (χ4n) is 1.11. The van der Waals surface area contributed by atoms with Crippen molar-refractivity contribution in [2.24, 2.45) is 0 Å². The maximum Gasteiger partial charge on any atom is 0.242 e. The largest absolute Gasteiger partial charge is 0.355 e. The van der Waals surface area contributed by atoms with Crippen LogP contribution in [-0.4, -0.2) is 12.5 Å². The molecule has 0 heterocycles. The topological polar surface area (TPSA) is 29.1 Å². The van der Waals surface area contributed by atoms with Gasteiger partial charge in [0.05, 0.1) is 0 Å². The Morgan fingerprint density at radius 3 is 2.73 bits per heavy atom. The highest BCUT2D eigenvalue weighted by Crippen LogP contribution is 2.23. The Hall–Kier alpha value is -1.16. The van der Waals surface area contributed by atoms with Crippen LogP contribution in [0.5, 0.6) is 0 Å². The van der Waals surface area contributed by atoms with E-state index < -0.39 is 22.9 Å². The van der Waals surface area contributed by atoms with Gasteiger partial charge in [-0.25, -0.2) is 8.78 Å². The van der Waals surface area contributed by atoms with E-state index in [-0.39, 0.29) is 5.56 Å². The summed E-state index contributed by atoms with van der Waals surface area (Å²) in [6.45, 7) is 2.13. The van der Waals surface area contributed by atoms with Crippen molar-refractivity contribution in [1.82, 2.24) is 5.32 Å². The Kier molecular flexibility index (Phi) is 4.03. The predicted molar refractivity (Wildman–Crippen MR) is 53.6 cm³/mol. The van der Waals surface area contributed by atoms with Crippen LogP contribution in [0.15, 0.2) is 18.2 Å². The first-order valence-corrected chi connectivity index (χ1v) is 4.86. The zero-order chi connectivity index (χ0) is 11.4. The van der Waals surface area contributed by atoms with Crippen molar-refractivity contribution in [2.75, 3.05) is 6.54 Å². The first-order valence-electron chi connectivity index (χ1n) is 4.43. The maximum absolute atomic E-state index is 13.2. The molecule has 0 aliphatic rings. The van der Waals surface area contributed by atoms with E-state index >= 15 is 0 Å². The van der Waals surface area contributed by atoms with Crippen LogP contribution in [-0.2, 0) is 4.79 Å². The van der Waals surface area contributed by atoms with E-state index in [1.165, 1.54) is 0 Å². The summed E-state index contributed by atoms with van der Waals surface area (Å²) in [4.78, 5) is 11.3. The van der Waals surface area contributed by atoms with E-state index in [0.29, 0.717) is 12.6 Å². The van der Waals surface area contributed by atoms with E-state index in [2.05, 4.69) is 5.32 Å². The molecule has 0 aromatic heterocycles. The average molecular weight is 234 g/mol. The van der Waals surface area contributed by atoms with Crippen LogP contribution >= 0.6 is 11.6 Å². The Labute approximate surface area is 91.2 Å². The van der Waals surface area contributed by atoms with Gasteiger partial charge in [-0.2, -0.15) is 0 Å². The number of hydrogen-bond acceptors (Lipinski definition) is 1. The summed E-state index contributed by atoms with van der Waals surface area (Å²) < 4.78 is 25.8. The number of halogens is 3. The minimum Gasteiger partial charge on any atom is -0.355 e. The second kappa shape index (κ2) is 5.07. The van der Waals surface area contributed by atoms with E-state index in [9.17, 15) is 13.6 Å². The van der Waals surface area contributed by atoms with Gasteiger partial charge in [0.1, 0.15) is 17.0 Å². The van der Waals surface area contributed by atoms with Gasteiger partial charge in [-0.15, -0.1) is 11.6 Å². The van der Waals surface area contributed by atoms with Crippen molar-refractivity contribution >= 4 is 17.5 Å². The Morgan fingerprint density at radius 1 is 1.53 bits per heavy atom. The number of nitrogens with one attached hydrogen (secondary N) is 1. The molecule has 1 aromatic rings. The molecule has 1 unspecified atom stereocenters. The number of amides is 1. The molecular weight excluding hydrogens is 224 g/mol. The lowest BCUT2D eigenvalue weighted by Crippen LogP contribution is -2.26. The molecule has 0 bridgehead atoms. The molecule has 0 fully saturated rings. The highest BCUT2D eigenvalue weighted by molar-refractivity contribution is 6.30. The summed E-state index contributed by atoms with van der Waals surface area (Å²) in [5.74, 6) is -2.01. The van der Waals surface area contributed by atoms with E-state index in [4.69, 9.17) is 11.6 Å². The lowest BCUT2D eigenvalue weighted by atomic mass is 10.1. The summed E-state index contributed by atoms with van der Waals surface area (Å²) in [6, 6.07) is 2.93. The van der Waals surface area contributed by atoms with E-state index in [0.717, 1.165) is 12.1 Å². The molecule has 0 saturated heterocycles. The first-order chi connectivity index (χ1) is 7.06. The monoisotopic (exact) mass is 233 g/mol. The molecule has 0 radical (unpaired) electrons. The molecule has 0 saturated carbocycles. The molecule has 15 heavy (non-hydrogen) atoms. The Bertz CT molecular complexity index is 370. The fourth-order valence-corrected chi connectivity index (χ4v) is 1.37. The molecular formula is C10H10ClF2NO. The average Bonchev–Trinajstić information content (AvgIpc) is 2.17. The minimum absolute atomic E-state index is 0.0241. The van der Waals surface area contributed by atoms with E-state index in [1.807, 2.05) is 0 Å². The van der Waals surface area contributed by atoms with E-state index in [1.54, 1.807) is 6.92 Å². The van der Waals surface area contributed by atoms with Crippen LogP contribution in [0.1, 0.15) is 17.9 Å². The van der Waals surface area contributed by atoms with Crippen molar-refractivity contribution in [1.29, 1.82) is 0 Å². The van der Waals surface area contributed by atoms with Crippen LogP contribution in [0.2, 0.25) is 0 Å². The SMILES string of the molecule is CCNC(=O)C(Cl)c1ccc(F)cc1F. The van der Waals surface area contributed by atoms with Crippen molar-refractivity contribution < 1.29 is 13.6 Å². The number of alkyl halides is 1. The van der Waals surface area contributed by atoms with Crippen LogP contribution in [0.4, 0.5) is 8.78 Å². The molecule has 0 aliphatic carbocycles. The van der Waals surface area contributed by atoms with Crippen LogP contribution in [0, 0.1) is 11.6 Å². The standard InChI is InChI=1S/C10H10ClF2NO/c1-2-14-10(15)9(11)7-4-3-6(12)5-8(7)13/h3-5,9H,2H2,1H3,(H,14,15). The van der Waals surface area contributed by atoms with Crippen molar-refractivity contribution in [3.63, 3.8) is 0 Å². The van der Waals surface area contributed by atoms with Gasteiger partial charge in [0, 0.05) is 18.2 Å². The molecule has 1 aromatic carbocycles. The summed E-state index contributed by atoms with van der Waals surface area (Å²) in [6.07, 6.45) is 0. The van der Waals surface area contributed by atoms with Crippen molar-refractivity contribution in [3.8, 4) is 0 Å². The lowest BCUT2D eigenvalue weighted by molar-refractivity contribution is -0.120. The number of benzene rings is 1. The molecule has 1 rings (SSSR count). The molecule has 2 nitrogen and oxygen atoms in total. The number of hydrogen-bond donors (Lipinski definition) is 1. The zero-order valence-corrected chi connectivity index (χ0v) is 8.81. The third-order valence-corrected chi connectivity index (χ3v) is 2.25. The van der Waals surface area contributed by atoms with Gasteiger partial charge in [-0.1, -0.05) is 6.07 Å². The van der Waals surface area contributed by atoms with Gasteiger partial charge >= 0.3 is 0 Å². The third-order valence-electron chi connectivity index (χ3n) is 1.82. The van der Waals surface area contributed by atoms with Crippen molar-refractivity contribution in [3.05, 3.63) is 35.4 Å². The second-order valence-corrected chi connectivity index (χ2v) is 3.36. The summed E-state index contributed by atoms with van der Waals surface area (Å²) in [7, 11) is 0. The normalized spacial score (nSPS) is 12.3. The summed E-state index contributed by atoms with van der Waals surface area (Å²) in [5.41, 5.74) is -0.0241. The molecule has 0 aliphatic heterocycles. The Morgan fingerprint density at radius 2 is 2.20 bits per heavy atom. The number of rotatable bonds is 3. The van der Waals surface area contributed by atoms with Gasteiger partial charge in [-0.05, 0) is 13.0 Å². The fraction of sp³-hybridized carbons (Fsp3) is 0.300. The second-order valence-electron chi connectivity index (χ2n) is 2.92.